The number of benzene rings is 1. The molecular weight excluding hydrogens is 446 g/mol. The number of nitrogens with zero attached hydrogens (tertiary/aromatic N) is 5. The molecule has 2 aromatic heterocycles. The van der Waals surface area contributed by atoms with Crippen molar-refractivity contribution in [3.05, 3.63) is 42.0 Å². The molecule has 2 saturated heterocycles. The maximum absolute atomic E-state index is 12.0. The van der Waals surface area contributed by atoms with Crippen LogP contribution in [-0.4, -0.2) is 79.1 Å². The quantitative estimate of drug-likeness (QED) is 0.528. The number of fused-ring (bicyclic) bond motifs is 1. The van der Waals surface area contributed by atoms with Crippen molar-refractivity contribution in [2.45, 2.75) is 31.4 Å². The third-order valence-electron chi connectivity index (χ3n) is 7.09. The normalized spacial score (nSPS) is 21.4. The standard InChI is InChI=1S/C26H29N5O4/c1-17-15-34-12-11-31(17)23-20-6-7-21(18-4-3-5-19(14-18)24(32)33-2)27-22(20)28-25(29-23)30-10-13-35-26(16-30)8-9-26/h3-7,14,17H,8-13,15-16H2,1-2H3/t17-/m0/s1. The number of anilines is 2. The van der Waals surface area contributed by atoms with Crippen LogP contribution in [0.1, 0.15) is 30.1 Å². The average molecular weight is 476 g/mol. The Balaban J connectivity index is 1.45. The first-order valence-corrected chi connectivity index (χ1v) is 12.2. The Kier molecular flexibility index (Phi) is 5.53. The predicted octanol–water partition coefficient (Wildman–Crippen LogP) is 3.07. The van der Waals surface area contributed by atoms with Gasteiger partial charge in [-0.1, -0.05) is 12.1 Å². The molecule has 35 heavy (non-hydrogen) atoms. The highest BCUT2D eigenvalue weighted by Gasteiger charge is 2.48. The molecule has 9 heteroatoms. The van der Waals surface area contributed by atoms with Crippen molar-refractivity contribution < 1.29 is 19.0 Å². The summed E-state index contributed by atoms with van der Waals surface area (Å²) in [6.07, 6.45) is 2.17. The number of rotatable bonds is 4. The summed E-state index contributed by atoms with van der Waals surface area (Å²) in [5.41, 5.74) is 2.67. The zero-order valence-electron chi connectivity index (χ0n) is 20.1. The predicted molar refractivity (Wildman–Crippen MR) is 132 cm³/mol. The van der Waals surface area contributed by atoms with Crippen LogP contribution in [0.4, 0.5) is 11.8 Å². The van der Waals surface area contributed by atoms with Gasteiger partial charge < -0.3 is 24.0 Å². The first-order chi connectivity index (χ1) is 17.0. The smallest absolute Gasteiger partial charge is 0.337 e. The molecule has 182 valence electrons. The van der Waals surface area contributed by atoms with Gasteiger partial charge in [0.1, 0.15) is 5.82 Å². The van der Waals surface area contributed by atoms with Gasteiger partial charge in [-0.05, 0) is 44.0 Å². The van der Waals surface area contributed by atoms with E-state index in [0.717, 1.165) is 54.9 Å². The van der Waals surface area contributed by atoms with E-state index < -0.39 is 0 Å². The molecule has 1 aromatic carbocycles. The minimum atomic E-state index is -0.373. The second-order valence-corrected chi connectivity index (χ2v) is 9.56. The van der Waals surface area contributed by atoms with Crippen LogP contribution in [0, 0.1) is 0 Å². The van der Waals surface area contributed by atoms with E-state index in [1.54, 1.807) is 12.1 Å². The lowest BCUT2D eigenvalue weighted by atomic mass is 10.1. The molecule has 3 aliphatic rings. The first kappa shape index (κ1) is 22.2. The zero-order valence-corrected chi connectivity index (χ0v) is 20.1. The maximum atomic E-state index is 12.0. The summed E-state index contributed by atoms with van der Waals surface area (Å²) in [5.74, 6) is 1.20. The van der Waals surface area contributed by atoms with Crippen molar-refractivity contribution in [1.82, 2.24) is 15.0 Å². The van der Waals surface area contributed by atoms with Crippen molar-refractivity contribution in [3.8, 4) is 11.3 Å². The van der Waals surface area contributed by atoms with Gasteiger partial charge >= 0.3 is 5.97 Å². The number of carbonyl (C=O) groups is 1. The van der Waals surface area contributed by atoms with E-state index in [2.05, 4.69) is 16.7 Å². The van der Waals surface area contributed by atoms with Gasteiger partial charge in [0.05, 0.1) is 55.2 Å². The number of morpholine rings is 2. The lowest BCUT2D eigenvalue weighted by molar-refractivity contribution is 0.0201. The van der Waals surface area contributed by atoms with Gasteiger partial charge in [-0.15, -0.1) is 0 Å². The van der Waals surface area contributed by atoms with E-state index in [1.165, 1.54) is 7.11 Å². The minimum Gasteiger partial charge on any atom is -0.465 e. The largest absolute Gasteiger partial charge is 0.465 e. The lowest BCUT2D eigenvalue weighted by Crippen LogP contribution is -2.46. The van der Waals surface area contributed by atoms with Crippen molar-refractivity contribution in [2.75, 3.05) is 56.4 Å². The molecule has 9 nitrogen and oxygen atoms in total. The van der Waals surface area contributed by atoms with E-state index in [9.17, 15) is 4.79 Å². The summed E-state index contributed by atoms with van der Waals surface area (Å²) in [7, 11) is 1.38. The molecule has 1 saturated carbocycles. The average Bonchev–Trinajstić information content (AvgIpc) is 3.65. The fourth-order valence-corrected chi connectivity index (χ4v) is 4.93. The zero-order chi connectivity index (χ0) is 24.0. The molecule has 4 heterocycles. The molecule has 3 fully saturated rings. The number of pyridine rings is 1. The van der Waals surface area contributed by atoms with E-state index in [0.29, 0.717) is 37.0 Å². The number of aromatic nitrogens is 3. The topological polar surface area (TPSA) is 89.9 Å². The van der Waals surface area contributed by atoms with E-state index >= 15 is 0 Å². The Morgan fingerprint density at radius 1 is 1.11 bits per heavy atom. The Bertz CT molecular complexity index is 1280. The van der Waals surface area contributed by atoms with Crippen LogP contribution >= 0.6 is 0 Å². The van der Waals surface area contributed by atoms with Crippen LogP contribution in [-0.2, 0) is 14.2 Å². The van der Waals surface area contributed by atoms with Crippen LogP contribution in [0.5, 0.6) is 0 Å². The number of methoxy groups -OCH3 is 1. The Morgan fingerprint density at radius 3 is 2.80 bits per heavy atom. The summed E-state index contributed by atoms with van der Waals surface area (Å²) in [4.78, 5) is 31.5. The highest BCUT2D eigenvalue weighted by atomic mass is 16.5. The molecule has 0 amide bonds. The number of ether oxygens (including phenoxy) is 3. The fraction of sp³-hybridized carbons (Fsp3) is 0.462. The van der Waals surface area contributed by atoms with Crippen molar-refractivity contribution in [1.29, 1.82) is 0 Å². The van der Waals surface area contributed by atoms with Gasteiger partial charge in [-0.3, -0.25) is 0 Å². The van der Waals surface area contributed by atoms with Gasteiger partial charge in [0.25, 0.3) is 0 Å². The molecule has 0 radical (unpaired) electrons. The molecule has 0 unspecified atom stereocenters. The number of hydrogen-bond acceptors (Lipinski definition) is 9. The molecule has 0 N–H and O–H groups in total. The van der Waals surface area contributed by atoms with Crippen LogP contribution in [0.25, 0.3) is 22.3 Å². The van der Waals surface area contributed by atoms with E-state index in [4.69, 9.17) is 29.2 Å². The van der Waals surface area contributed by atoms with Gasteiger partial charge in [0.15, 0.2) is 5.65 Å². The van der Waals surface area contributed by atoms with Crippen molar-refractivity contribution >= 4 is 28.8 Å². The number of carbonyl (C=O) groups excluding carboxylic acids is 1. The van der Waals surface area contributed by atoms with Crippen LogP contribution in [0.15, 0.2) is 36.4 Å². The highest BCUT2D eigenvalue weighted by Crippen LogP contribution is 2.43. The third-order valence-corrected chi connectivity index (χ3v) is 7.09. The van der Waals surface area contributed by atoms with Gasteiger partial charge in [0.2, 0.25) is 5.95 Å². The molecule has 2 aliphatic heterocycles. The molecule has 1 spiro atoms. The van der Waals surface area contributed by atoms with Gasteiger partial charge in [-0.2, -0.15) is 9.97 Å². The van der Waals surface area contributed by atoms with Crippen molar-refractivity contribution in [3.63, 3.8) is 0 Å². The summed E-state index contributed by atoms with van der Waals surface area (Å²) in [5, 5.41) is 0.907. The van der Waals surface area contributed by atoms with Gasteiger partial charge in [-0.25, -0.2) is 9.78 Å². The molecule has 6 rings (SSSR count). The van der Waals surface area contributed by atoms with Crippen LogP contribution in [0.3, 0.4) is 0 Å². The molecular formula is C26H29N5O4. The first-order valence-electron chi connectivity index (χ1n) is 12.2. The Labute approximate surface area is 204 Å². The minimum absolute atomic E-state index is 0.0351. The Hall–Kier alpha value is -3.30. The summed E-state index contributed by atoms with van der Waals surface area (Å²) in [6, 6.07) is 11.5. The summed E-state index contributed by atoms with van der Waals surface area (Å²) in [6.45, 7) is 6.48. The second-order valence-electron chi connectivity index (χ2n) is 9.56. The van der Waals surface area contributed by atoms with Crippen LogP contribution < -0.4 is 9.80 Å². The van der Waals surface area contributed by atoms with E-state index in [1.807, 2.05) is 24.3 Å². The Morgan fingerprint density at radius 2 is 2.00 bits per heavy atom. The third kappa shape index (κ3) is 4.19. The lowest BCUT2D eigenvalue weighted by Gasteiger charge is -2.36. The number of hydrogen-bond donors (Lipinski definition) is 0. The molecule has 3 aromatic rings. The molecule has 0 bridgehead atoms. The SMILES string of the molecule is COC(=O)c1cccc(-c2ccc3c(N4CCOC[C@@H]4C)nc(N4CCOC5(CC5)C4)nc3n2)c1. The van der Waals surface area contributed by atoms with Gasteiger partial charge in [0, 0.05) is 25.2 Å². The highest BCUT2D eigenvalue weighted by molar-refractivity contribution is 5.92. The molecule has 1 aliphatic carbocycles. The summed E-state index contributed by atoms with van der Waals surface area (Å²) < 4.78 is 16.6. The molecule has 1 atom stereocenters. The monoisotopic (exact) mass is 475 g/mol. The second kappa shape index (κ2) is 8.73. The number of esters is 1. The summed E-state index contributed by atoms with van der Waals surface area (Å²) >= 11 is 0. The van der Waals surface area contributed by atoms with Crippen molar-refractivity contribution in [2.24, 2.45) is 0 Å². The fourth-order valence-electron chi connectivity index (χ4n) is 4.93. The maximum Gasteiger partial charge on any atom is 0.337 e. The van der Waals surface area contributed by atoms with Crippen LogP contribution in [0.2, 0.25) is 0 Å². The van der Waals surface area contributed by atoms with E-state index in [-0.39, 0.29) is 17.6 Å².